The van der Waals surface area contributed by atoms with Gasteiger partial charge in [0.15, 0.2) is 6.61 Å². The van der Waals surface area contributed by atoms with Crippen LogP contribution in [0.4, 0.5) is 0 Å². The average Bonchev–Trinajstić information content (AvgIpc) is 3.41. The Morgan fingerprint density at radius 2 is 2.11 bits per heavy atom. The monoisotopic (exact) mass is 368 g/mol. The summed E-state index contributed by atoms with van der Waals surface area (Å²) in [5, 5.41) is 6.61. The highest BCUT2D eigenvalue weighted by Gasteiger charge is 2.35. The molecule has 4 rings (SSSR count). The molecule has 0 unspecified atom stereocenters. The second-order valence-electron chi connectivity index (χ2n) is 6.92. The predicted molar refractivity (Wildman–Crippen MR) is 94.8 cm³/mol. The fourth-order valence-electron chi connectivity index (χ4n) is 3.77. The van der Waals surface area contributed by atoms with E-state index in [-0.39, 0.29) is 23.9 Å². The van der Waals surface area contributed by atoms with Gasteiger partial charge in [0.05, 0.1) is 5.56 Å². The Labute approximate surface area is 155 Å². The van der Waals surface area contributed by atoms with Crippen molar-refractivity contribution in [2.75, 3.05) is 6.54 Å². The Morgan fingerprint density at radius 1 is 1.26 bits per heavy atom. The largest absolute Gasteiger partial charge is 0.485 e. The maximum atomic E-state index is 12.2. The van der Waals surface area contributed by atoms with E-state index in [9.17, 15) is 9.59 Å². The van der Waals surface area contributed by atoms with Gasteiger partial charge in [-0.05, 0) is 42.7 Å². The van der Waals surface area contributed by atoms with E-state index < -0.39 is 11.8 Å². The Bertz CT molecular complexity index is 891. The van der Waals surface area contributed by atoms with Gasteiger partial charge in [0.1, 0.15) is 5.75 Å². The number of hydrogen-bond acceptors (Lipinski definition) is 6. The number of allylic oxidation sites excluding steroid dienone is 2. The first-order valence-electron chi connectivity index (χ1n) is 8.91. The summed E-state index contributed by atoms with van der Waals surface area (Å²) in [7, 11) is 0. The van der Waals surface area contributed by atoms with Crippen LogP contribution < -0.4 is 15.8 Å². The summed E-state index contributed by atoms with van der Waals surface area (Å²) >= 11 is 0. The van der Waals surface area contributed by atoms with Crippen LogP contribution in [0, 0.1) is 17.8 Å². The number of carbonyl (C=O) groups excluding carboxylic acids is 2. The van der Waals surface area contributed by atoms with Crippen molar-refractivity contribution >= 4 is 11.8 Å². The van der Waals surface area contributed by atoms with E-state index in [2.05, 4.69) is 27.6 Å². The number of para-hydroxylation sites is 1. The zero-order valence-corrected chi connectivity index (χ0v) is 14.6. The molecule has 0 spiro atoms. The molecule has 1 fully saturated rings. The average molecular weight is 368 g/mol. The lowest BCUT2D eigenvalue weighted by molar-refractivity contribution is 0.0900. The Hall–Kier alpha value is -3.16. The van der Waals surface area contributed by atoms with Gasteiger partial charge in [0, 0.05) is 6.54 Å². The molecule has 27 heavy (non-hydrogen) atoms. The normalized spacial score (nSPS) is 22.7. The Kier molecular flexibility index (Phi) is 4.62. The van der Waals surface area contributed by atoms with E-state index >= 15 is 0 Å². The van der Waals surface area contributed by atoms with Crippen LogP contribution in [-0.4, -0.2) is 28.5 Å². The smallest absolute Gasteiger partial charge is 0.316 e. The van der Waals surface area contributed by atoms with E-state index in [1.165, 1.54) is 6.42 Å². The molecule has 2 aromatic rings. The molecular formula is C19H20N4O4. The van der Waals surface area contributed by atoms with E-state index in [1.807, 2.05) is 0 Å². The summed E-state index contributed by atoms with van der Waals surface area (Å²) in [4.78, 5) is 27.6. The molecular weight excluding hydrogens is 348 g/mol. The van der Waals surface area contributed by atoms with Crippen molar-refractivity contribution in [2.24, 2.45) is 23.5 Å². The lowest BCUT2D eigenvalue weighted by Crippen LogP contribution is -2.31. The first-order chi connectivity index (χ1) is 13.1. The van der Waals surface area contributed by atoms with Crippen LogP contribution in [0.1, 0.15) is 39.7 Å². The van der Waals surface area contributed by atoms with Crippen molar-refractivity contribution in [3.05, 3.63) is 53.7 Å². The molecule has 3 N–H and O–H groups in total. The molecule has 3 atom stereocenters. The van der Waals surface area contributed by atoms with Crippen molar-refractivity contribution in [3.63, 3.8) is 0 Å². The molecule has 140 valence electrons. The molecule has 1 aromatic heterocycles. The number of nitrogens with two attached hydrogens (primary N) is 1. The first kappa shape index (κ1) is 17.3. The first-order valence-corrected chi connectivity index (χ1v) is 8.91. The third kappa shape index (κ3) is 3.69. The van der Waals surface area contributed by atoms with Crippen LogP contribution in [0.2, 0.25) is 0 Å². The molecule has 1 saturated carbocycles. The van der Waals surface area contributed by atoms with Crippen LogP contribution in [-0.2, 0) is 6.61 Å². The van der Waals surface area contributed by atoms with Crippen molar-refractivity contribution < 1.29 is 18.8 Å². The summed E-state index contributed by atoms with van der Waals surface area (Å²) in [6.45, 7) is 0.558. The molecule has 0 aliphatic heterocycles. The molecule has 8 heteroatoms. The summed E-state index contributed by atoms with van der Waals surface area (Å²) in [5.41, 5.74) is 5.57. The second-order valence-corrected chi connectivity index (χ2v) is 6.92. The molecule has 0 saturated heterocycles. The number of nitrogens with zero attached hydrogens (tertiary/aromatic N) is 2. The minimum Gasteiger partial charge on any atom is -0.485 e. The Balaban J connectivity index is 1.31. The van der Waals surface area contributed by atoms with Crippen molar-refractivity contribution in [1.29, 1.82) is 0 Å². The van der Waals surface area contributed by atoms with Crippen LogP contribution in [0.3, 0.4) is 0 Å². The van der Waals surface area contributed by atoms with Gasteiger partial charge in [-0.3, -0.25) is 9.59 Å². The van der Waals surface area contributed by atoms with Gasteiger partial charge in [-0.25, -0.2) is 0 Å². The summed E-state index contributed by atoms with van der Waals surface area (Å²) in [5.74, 6) is 1.15. The van der Waals surface area contributed by atoms with Crippen LogP contribution >= 0.6 is 0 Å². The van der Waals surface area contributed by atoms with Crippen molar-refractivity contribution in [3.8, 4) is 5.75 Å². The molecule has 2 bridgehead atoms. The molecule has 8 nitrogen and oxygen atoms in total. The van der Waals surface area contributed by atoms with Gasteiger partial charge in [0.2, 0.25) is 5.82 Å². The SMILES string of the molecule is NC(=O)c1ccccc1OCc1noc(C(=O)NC[C@@H]2C[C@H]3C=C[C@H]2C3)n1. The van der Waals surface area contributed by atoms with Crippen LogP contribution in [0.5, 0.6) is 5.75 Å². The fourth-order valence-corrected chi connectivity index (χ4v) is 3.77. The molecule has 2 aliphatic carbocycles. The zero-order valence-electron chi connectivity index (χ0n) is 14.6. The van der Waals surface area contributed by atoms with E-state index in [0.29, 0.717) is 30.0 Å². The number of rotatable bonds is 7. The lowest BCUT2D eigenvalue weighted by Gasteiger charge is -2.17. The van der Waals surface area contributed by atoms with Crippen LogP contribution in [0.25, 0.3) is 0 Å². The topological polar surface area (TPSA) is 120 Å². The van der Waals surface area contributed by atoms with Gasteiger partial charge in [-0.2, -0.15) is 4.98 Å². The number of amides is 2. The highest BCUT2D eigenvalue weighted by atomic mass is 16.5. The molecule has 2 aliphatic rings. The number of primary amides is 1. The third-order valence-electron chi connectivity index (χ3n) is 5.11. The third-order valence-corrected chi connectivity index (χ3v) is 5.11. The quantitative estimate of drug-likeness (QED) is 0.718. The minimum atomic E-state index is -0.589. The van der Waals surface area contributed by atoms with Gasteiger partial charge < -0.3 is 20.3 Å². The fraction of sp³-hybridized carbons (Fsp3) is 0.368. The van der Waals surface area contributed by atoms with Gasteiger partial charge in [0.25, 0.3) is 5.91 Å². The van der Waals surface area contributed by atoms with E-state index in [1.54, 1.807) is 24.3 Å². The summed E-state index contributed by atoms with van der Waals surface area (Å²) in [6, 6.07) is 6.60. The number of nitrogens with one attached hydrogen (secondary N) is 1. The van der Waals surface area contributed by atoms with Crippen LogP contribution in [0.15, 0.2) is 40.9 Å². The molecule has 1 heterocycles. The molecule has 0 radical (unpaired) electrons. The van der Waals surface area contributed by atoms with Gasteiger partial charge >= 0.3 is 11.8 Å². The maximum absolute atomic E-state index is 12.2. The number of benzene rings is 1. The number of hydrogen-bond donors (Lipinski definition) is 2. The van der Waals surface area contributed by atoms with Crippen molar-refractivity contribution in [2.45, 2.75) is 19.4 Å². The van der Waals surface area contributed by atoms with Crippen molar-refractivity contribution in [1.82, 2.24) is 15.5 Å². The Morgan fingerprint density at radius 3 is 2.85 bits per heavy atom. The van der Waals surface area contributed by atoms with E-state index in [0.717, 1.165) is 6.42 Å². The highest BCUT2D eigenvalue weighted by Crippen LogP contribution is 2.42. The second kappa shape index (κ2) is 7.22. The number of carbonyl (C=O) groups is 2. The summed E-state index contributed by atoms with van der Waals surface area (Å²) in [6.07, 6.45) is 6.82. The van der Waals surface area contributed by atoms with Gasteiger partial charge in [-0.15, -0.1) is 0 Å². The number of ether oxygens (including phenoxy) is 1. The summed E-state index contributed by atoms with van der Waals surface area (Å²) < 4.78 is 10.5. The maximum Gasteiger partial charge on any atom is 0.316 e. The van der Waals surface area contributed by atoms with E-state index in [4.69, 9.17) is 15.0 Å². The zero-order chi connectivity index (χ0) is 18.8. The highest BCUT2D eigenvalue weighted by molar-refractivity contribution is 5.95. The van der Waals surface area contributed by atoms with Gasteiger partial charge in [-0.1, -0.05) is 29.4 Å². The standard InChI is InChI=1S/C19H20N4O4/c20-17(24)14-3-1-2-4-15(14)26-10-16-22-19(27-23-16)18(25)21-9-13-8-11-5-6-12(13)7-11/h1-6,11-13H,7-10H2,(H2,20,24)(H,21,25)/t11-,12-,13-/m0/s1. The predicted octanol–water partition coefficient (Wildman–Crippen LogP) is 1.69. The number of aromatic nitrogens is 2. The molecule has 2 amide bonds. The lowest BCUT2D eigenvalue weighted by atomic mass is 9.94. The number of fused-ring (bicyclic) bond motifs is 2. The minimum absolute atomic E-state index is 0.0434. The molecule has 1 aromatic carbocycles.